The van der Waals surface area contributed by atoms with Crippen molar-refractivity contribution in [3.05, 3.63) is 35.6 Å². The molecule has 1 aromatic carbocycles. The predicted molar refractivity (Wildman–Crippen MR) is 55.3 cm³/mol. The average molecular weight is 225 g/mol. The summed E-state index contributed by atoms with van der Waals surface area (Å²) in [6.07, 6.45) is 0. The minimum Gasteiger partial charge on any atom is -0.467 e. The van der Waals surface area contributed by atoms with Gasteiger partial charge in [0.1, 0.15) is 11.9 Å². The Kier molecular flexibility index (Phi) is 3.99. The van der Waals surface area contributed by atoms with Crippen molar-refractivity contribution < 1.29 is 18.7 Å². The van der Waals surface area contributed by atoms with Crippen LogP contribution in [0.3, 0.4) is 0 Å². The van der Waals surface area contributed by atoms with Gasteiger partial charge >= 0.3 is 5.97 Å². The SMILES string of the molecule is COC(=O)[C@@H](C)NC(=O)c1ccc(F)cc1. The van der Waals surface area contributed by atoms with Crippen LogP contribution in [0.15, 0.2) is 24.3 Å². The van der Waals surface area contributed by atoms with E-state index >= 15 is 0 Å². The summed E-state index contributed by atoms with van der Waals surface area (Å²) in [6.45, 7) is 1.51. The van der Waals surface area contributed by atoms with Gasteiger partial charge in [-0.2, -0.15) is 0 Å². The molecule has 0 unspecified atom stereocenters. The molecule has 5 heteroatoms. The minimum atomic E-state index is -0.734. The summed E-state index contributed by atoms with van der Waals surface area (Å²) in [4.78, 5) is 22.6. The molecule has 1 aromatic rings. The van der Waals surface area contributed by atoms with E-state index in [0.29, 0.717) is 0 Å². The molecule has 0 spiro atoms. The Morgan fingerprint density at radius 3 is 2.38 bits per heavy atom. The van der Waals surface area contributed by atoms with E-state index in [2.05, 4.69) is 10.1 Å². The van der Waals surface area contributed by atoms with Gasteiger partial charge in [-0.15, -0.1) is 0 Å². The molecule has 0 aliphatic carbocycles. The number of esters is 1. The smallest absolute Gasteiger partial charge is 0.328 e. The van der Waals surface area contributed by atoms with Crippen LogP contribution < -0.4 is 5.32 Å². The highest BCUT2D eigenvalue weighted by Crippen LogP contribution is 2.03. The molecule has 1 N–H and O–H groups in total. The van der Waals surface area contributed by atoms with Gasteiger partial charge < -0.3 is 10.1 Å². The van der Waals surface area contributed by atoms with Crippen molar-refractivity contribution in [3.63, 3.8) is 0 Å². The molecule has 1 amide bonds. The Bertz CT molecular complexity index is 389. The van der Waals surface area contributed by atoms with E-state index in [4.69, 9.17) is 0 Å². The summed E-state index contributed by atoms with van der Waals surface area (Å²) in [6, 6.07) is 4.31. The number of amides is 1. The third-order valence-electron chi connectivity index (χ3n) is 2.01. The molecule has 4 nitrogen and oxygen atoms in total. The number of hydrogen-bond acceptors (Lipinski definition) is 3. The number of ether oxygens (including phenoxy) is 1. The lowest BCUT2D eigenvalue weighted by Crippen LogP contribution is -2.39. The third-order valence-corrected chi connectivity index (χ3v) is 2.01. The van der Waals surface area contributed by atoms with Crippen molar-refractivity contribution in [1.82, 2.24) is 5.32 Å². The van der Waals surface area contributed by atoms with Crippen molar-refractivity contribution in [2.75, 3.05) is 7.11 Å². The maximum Gasteiger partial charge on any atom is 0.328 e. The largest absolute Gasteiger partial charge is 0.467 e. The quantitative estimate of drug-likeness (QED) is 0.784. The minimum absolute atomic E-state index is 0.289. The van der Waals surface area contributed by atoms with Crippen molar-refractivity contribution in [2.45, 2.75) is 13.0 Å². The van der Waals surface area contributed by atoms with Gasteiger partial charge in [0.25, 0.3) is 5.91 Å². The second-order valence-electron chi connectivity index (χ2n) is 3.23. The van der Waals surface area contributed by atoms with Crippen molar-refractivity contribution >= 4 is 11.9 Å². The second kappa shape index (κ2) is 5.25. The van der Waals surface area contributed by atoms with Gasteiger partial charge in [0, 0.05) is 5.56 Å². The molecule has 0 aromatic heterocycles. The number of benzene rings is 1. The van der Waals surface area contributed by atoms with E-state index in [9.17, 15) is 14.0 Å². The number of halogens is 1. The Morgan fingerprint density at radius 1 is 1.31 bits per heavy atom. The van der Waals surface area contributed by atoms with Crippen LogP contribution >= 0.6 is 0 Å². The van der Waals surface area contributed by atoms with Crippen LogP contribution in [-0.2, 0) is 9.53 Å². The first-order valence-corrected chi connectivity index (χ1v) is 4.69. The van der Waals surface area contributed by atoms with Crippen LogP contribution in [0.25, 0.3) is 0 Å². The fourth-order valence-corrected chi connectivity index (χ4v) is 1.12. The lowest BCUT2D eigenvalue weighted by molar-refractivity contribution is -0.142. The summed E-state index contributed by atoms with van der Waals surface area (Å²) in [7, 11) is 1.24. The number of nitrogens with one attached hydrogen (secondary N) is 1. The van der Waals surface area contributed by atoms with Crippen LogP contribution in [-0.4, -0.2) is 25.0 Å². The fraction of sp³-hybridized carbons (Fsp3) is 0.273. The van der Waals surface area contributed by atoms with Crippen LogP contribution in [0.4, 0.5) is 4.39 Å². The first-order chi connectivity index (χ1) is 7.54. The topological polar surface area (TPSA) is 55.4 Å². The summed E-state index contributed by atoms with van der Waals surface area (Å²) in [5.41, 5.74) is 0.289. The summed E-state index contributed by atoms with van der Waals surface area (Å²) in [5, 5.41) is 2.43. The highest BCUT2D eigenvalue weighted by Gasteiger charge is 2.16. The number of rotatable bonds is 3. The van der Waals surface area contributed by atoms with E-state index in [1.54, 1.807) is 0 Å². The normalized spacial score (nSPS) is 11.7. The molecule has 0 aliphatic rings. The monoisotopic (exact) mass is 225 g/mol. The van der Waals surface area contributed by atoms with Crippen LogP contribution in [0, 0.1) is 5.82 Å². The molecule has 16 heavy (non-hydrogen) atoms. The molecule has 0 fully saturated rings. The molecule has 86 valence electrons. The van der Waals surface area contributed by atoms with Gasteiger partial charge in [0.15, 0.2) is 0 Å². The average Bonchev–Trinajstić information content (AvgIpc) is 2.28. The zero-order valence-corrected chi connectivity index (χ0v) is 8.99. The highest BCUT2D eigenvalue weighted by molar-refractivity contribution is 5.96. The third kappa shape index (κ3) is 3.05. The molecule has 0 heterocycles. The lowest BCUT2D eigenvalue weighted by atomic mass is 10.2. The predicted octanol–water partition coefficient (Wildman–Crippen LogP) is 1.12. The first-order valence-electron chi connectivity index (χ1n) is 4.69. The van der Waals surface area contributed by atoms with Crippen LogP contribution in [0.2, 0.25) is 0 Å². The van der Waals surface area contributed by atoms with Crippen molar-refractivity contribution in [1.29, 1.82) is 0 Å². The number of methoxy groups -OCH3 is 1. The van der Waals surface area contributed by atoms with E-state index in [1.807, 2.05) is 0 Å². The van der Waals surface area contributed by atoms with Crippen molar-refractivity contribution in [2.24, 2.45) is 0 Å². The molecule has 0 bridgehead atoms. The standard InChI is InChI=1S/C11H12FNO3/c1-7(11(15)16-2)13-10(14)8-3-5-9(12)6-4-8/h3-7H,1-2H3,(H,13,14)/t7-/m1/s1. The molecule has 1 atom stereocenters. The number of carbonyl (C=O) groups is 2. The van der Waals surface area contributed by atoms with E-state index < -0.39 is 23.7 Å². The van der Waals surface area contributed by atoms with Gasteiger partial charge in [0.2, 0.25) is 0 Å². The molecule has 0 saturated carbocycles. The van der Waals surface area contributed by atoms with Gasteiger partial charge in [-0.05, 0) is 31.2 Å². The van der Waals surface area contributed by atoms with Crippen LogP contribution in [0.5, 0.6) is 0 Å². The Labute approximate surface area is 92.4 Å². The second-order valence-corrected chi connectivity index (χ2v) is 3.23. The van der Waals surface area contributed by atoms with Gasteiger partial charge in [-0.1, -0.05) is 0 Å². The Hall–Kier alpha value is -1.91. The molecular weight excluding hydrogens is 213 g/mol. The summed E-state index contributed by atoms with van der Waals surface area (Å²) < 4.78 is 17.0. The van der Waals surface area contributed by atoms with Crippen molar-refractivity contribution in [3.8, 4) is 0 Å². The molecule has 0 aliphatic heterocycles. The van der Waals surface area contributed by atoms with E-state index in [-0.39, 0.29) is 5.56 Å². The molecule has 0 radical (unpaired) electrons. The summed E-state index contributed by atoms with van der Waals surface area (Å²) >= 11 is 0. The fourth-order valence-electron chi connectivity index (χ4n) is 1.12. The number of carbonyl (C=O) groups excluding carboxylic acids is 2. The molecule has 0 saturated heterocycles. The highest BCUT2D eigenvalue weighted by atomic mass is 19.1. The Morgan fingerprint density at radius 2 is 1.88 bits per heavy atom. The van der Waals surface area contributed by atoms with E-state index in [1.165, 1.54) is 38.3 Å². The zero-order valence-electron chi connectivity index (χ0n) is 8.99. The van der Waals surface area contributed by atoms with Gasteiger partial charge in [-0.3, -0.25) is 4.79 Å². The van der Waals surface area contributed by atoms with Gasteiger partial charge in [0.05, 0.1) is 7.11 Å². The molecule has 1 rings (SSSR count). The zero-order chi connectivity index (χ0) is 12.1. The maximum absolute atomic E-state index is 12.6. The van der Waals surface area contributed by atoms with Crippen LogP contribution in [0.1, 0.15) is 17.3 Å². The first kappa shape index (κ1) is 12.2. The van der Waals surface area contributed by atoms with Gasteiger partial charge in [-0.25, -0.2) is 9.18 Å². The number of hydrogen-bond donors (Lipinski definition) is 1. The van der Waals surface area contributed by atoms with E-state index in [0.717, 1.165) is 0 Å². The maximum atomic E-state index is 12.6. The lowest BCUT2D eigenvalue weighted by Gasteiger charge is -2.11. The Balaban J connectivity index is 2.65. The summed E-state index contributed by atoms with van der Waals surface area (Å²) in [5.74, 6) is -1.40. The molecular formula is C11H12FNO3.